The predicted molar refractivity (Wildman–Crippen MR) is 123 cm³/mol. The van der Waals surface area contributed by atoms with Crippen LogP contribution in [0.25, 0.3) is 0 Å². The number of hydrogen-bond acceptors (Lipinski definition) is 5. The molecule has 2 N–H and O–H groups in total. The number of anilines is 1. The van der Waals surface area contributed by atoms with Crippen molar-refractivity contribution in [2.24, 2.45) is 0 Å². The van der Waals surface area contributed by atoms with Gasteiger partial charge < -0.3 is 24.8 Å². The molecule has 0 aliphatic heterocycles. The van der Waals surface area contributed by atoms with Crippen molar-refractivity contribution >= 4 is 17.5 Å². The molecular weight excluding hydrogens is 427 g/mol. The Kier molecular flexibility index (Phi) is 8.24. The van der Waals surface area contributed by atoms with E-state index in [-0.39, 0.29) is 30.8 Å². The smallest absolute Gasteiger partial charge is 0.262 e. The summed E-state index contributed by atoms with van der Waals surface area (Å²) in [6.45, 7) is 0.0441. The second-order valence-electron chi connectivity index (χ2n) is 7.03. The lowest BCUT2D eigenvalue weighted by molar-refractivity contribution is -0.118. The molecule has 0 unspecified atom stereocenters. The lowest BCUT2D eigenvalue weighted by Crippen LogP contribution is -2.26. The maximum Gasteiger partial charge on any atom is 0.262 e. The van der Waals surface area contributed by atoms with Crippen LogP contribution in [0.2, 0.25) is 0 Å². The van der Waals surface area contributed by atoms with Gasteiger partial charge in [0.2, 0.25) is 0 Å². The van der Waals surface area contributed by atoms with Gasteiger partial charge in [-0.2, -0.15) is 0 Å². The molecule has 0 aliphatic carbocycles. The topological polar surface area (TPSA) is 85.9 Å². The van der Waals surface area contributed by atoms with Gasteiger partial charge in [0.15, 0.2) is 18.1 Å². The highest BCUT2D eigenvalue weighted by atomic mass is 19.1. The first-order valence-electron chi connectivity index (χ1n) is 10.3. The summed E-state index contributed by atoms with van der Waals surface area (Å²) in [5, 5.41) is 5.48. The van der Waals surface area contributed by atoms with E-state index in [9.17, 15) is 14.0 Å². The zero-order valence-electron chi connectivity index (χ0n) is 18.4. The highest BCUT2D eigenvalue weighted by Gasteiger charge is 2.13. The molecule has 8 heteroatoms. The summed E-state index contributed by atoms with van der Waals surface area (Å²) >= 11 is 0. The Bertz CT molecular complexity index is 1100. The number of ether oxygens (including phenoxy) is 3. The zero-order chi connectivity index (χ0) is 23.6. The van der Waals surface area contributed by atoms with Crippen LogP contribution in [0.3, 0.4) is 0 Å². The van der Waals surface area contributed by atoms with E-state index in [0.29, 0.717) is 40.5 Å². The fourth-order valence-electron chi connectivity index (χ4n) is 3.06. The lowest BCUT2D eigenvalue weighted by Gasteiger charge is -2.13. The van der Waals surface area contributed by atoms with Gasteiger partial charge in [-0.25, -0.2) is 4.39 Å². The molecule has 33 heavy (non-hydrogen) atoms. The number of nitrogens with one attached hydrogen (secondary N) is 2. The second kappa shape index (κ2) is 11.5. The minimum Gasteiger partial charge on any atom is -0.497 e. The summed E-state index contributed by atoms with van der Waals surface area (Å²) in [7, 11) is 3.01. The molecule has 0 saturated heterocycles. The molecule has 172 valence electrons. The van der Waals surface area contributed by atoms with E-state index in [1.54, 1.807) is 61.7 Å². The number of carbonyl (C=O) groups is 2. The number of amides is 2. The predicted octanol–water partition coefficient (Wildman–Crippen LogP) is 3.83. The van der Waals surface area contributed by atoms with Crippen LogP contribution in [0.15, 0.2) is 66.7 Å². The number of rotatable bonds is 10. The van der Waals surface area contributed by atoms with Crippen molar-refractivity contribution in [3.8, 4) is 17.2 Å². The maximum absolute atomic E-state index is 13.7. The van der Waals surface area contributed by atoms with Gasteiger partial charge in [-0.15, -0.1) is 0 Å². The maximum atomic E-state index is 13.7. The Balaban J connectivity index is 1.53. The monoisotopic (exact) mass is 452 g/mol. The van der Waals surface area contributed by atoms with Gasteiger partial charge in [0, 0.05) is 17.8 Å². The molecule has 0 spiro atoms. The van der Waals surface area contributed by atoms with E-state index in [1.807, 2.05) is 0 Å². The summed E-state index contributed by atoms with van der Waals surface area (Å²) in [6, 6.07) is 18.0. The fourth-order valence-corrected chi connectivity index (χ4v) is 3.06. The summed E-state index contributed by atoms with van der Waals surface area (Å²) in [6.07, 6.45) is 0.375. The van der Waals surface area contributed by atoms with Crippen LogP contribution >= 0.6 is 0 Å². The first-order chi connectivity index (χ1) is 16.0. The van der Waals surface area contributed by atoms with Crippen molar-refractivity contribution in [1.29, 1.82) is 0 Å². The number of carbonyl (C=O) groups excluding carboxylic acids is 2. The Hall–Kier alpha value is -4.07. The third-order valence-electron chi connectivity index (χ3n) is 4.80. The van der Waals surface area contributed by atoms with E-state index in [2.05, 4.69) is 10.6 Å². The highest BCUT2D eigenvalue weighted by molar-refractivity contribution is 5.95. The van der Waals surface area contributed by atoms with E-state index < -0.39 is 0 Å². The number of hydrogen-bond donors (Lipinski definition) is 2. The average Bonchev–Trinajstić information content (AvgIpc) is 2.84. The van der Waals surface area contributed by atoms with Gasteiger partial charge in [0.1, 0.15) is 11.6 Å². The van der Waals surface area contributed by atoms with Crippen LogP contribution in [0.5, 0.6) is 17.2 Å². The molecule has 3 aromatic carbocycles. The van der Waals surface area contributed by atoms with Gasteiger partial charge in [0.05, 0.1) is 14.2 Å². The SMILES string of the molecule is COc1ccc(NC(=O)COc2ccc(C(=O)NCCc3ccccc3F)cc2OC)cc1. The molecule has 3 rings (SSSR count). The van der Waals surface area contributed by atoms with Gasteiger partial charge in [-0.1, -0.05) is 18.2 Å². The van der Waals surface area contributed by atoms with Crippen LogP contribution < -0.4 is 24.8 Å². The molecule has 3 aromatic rings. The first-order valence-corrected chi connectivity index (χ1v) is 10.3. The normalized spacial score (nSPS) is 10.3. The summed E-state index contributed by atoms with van der Waals surface area (Å²) < 4.78 is 29.6. The molecule has 0 atom stereocenters. The first kappa shape index (κ1) is 23.6. The molecule has 0 bridgehead atoms. The number of halogens is 1. The Morgan fingerprint density at radius 1 is 0.909 bits per heavy atom. The molecule has 0 saturated carbocycles. The van der Waals surface area contributed by atoms with Crippen molar-refractivity contribution in [2.45, 2.75) is 6.42 Å². The molecule has 0 fully saturated rings. The lowest BCUT2D eigenvalue weighted by atomic mass is 10.1. The van der Waals surface area contributed by atoms with E-state index in [0.717, 1.165) is 0 Å². The average molecular weight is 452 g/mol. The Morgan fingerprint density at radius 3 is 2.36 bits per heavy atom. The van der Waals surface area contributed by atoms with Crippen LogP contribution in [0.4, 0.5) is 10.1 Å². The minimum absolute atomic E-state index is 0.240. The van der Waals surface area contributed by atoms with Gasteiger partial charge in [-0.3, -0.25) is 9.59 Å². The van der Waals surface area contributed by atoms with Crippen molar-refractivity contribution in [3.63, 3.8) is 0 Å². The van der Waals surface area contributed by atoms with Gasteiger partial charge >= 0.3 is 0 Å². The Morgan fingerprint density at radius 2 is 1.67 bits per heavy atom. The van der Waals surface area contributed by atoms with Gasteiger partial charge in [-0.05, 0) is 60.5 Å². The third-order valence-corrected chi connectivity index (χ3v) is 4.80. The van der Waals surface area contributed by atoms with Crippen molar-refractivity contribution in [3.05, 3.63) is 83.7 Å². The molecule has 0 aromatic heterocycles. The second-order valence-corrected chi connectivity index (χ2v) is 7.03. The molecular formula is C25H25FN2O5. The Labute approximate surface area is 191 Å². The molecule has 0 radical (unpaired) electrons. The van der Waals surface area contributed by atoms with E-state index in [1.165, 1.54) is 19.2 Å². The van der Waals surface area contributed by atoms with Crippen molar-refractivity contribution < 1.29 is 28.2 Å². The highest BCUT2D eigenvalue weighted by Crippen LogP contribution is 2.28. The van der Waals surface area contributed by atoms with E-state index >= 15 is 0 Å². The van der Waals surface area contributed by atoms with Crippen LogP contribution in [0.1, 0.15) is 15.9 Å². The number of benzene rings is 3. The van der Waals surface area contributed by atoms with Crippen molar-refractivity contribution in [2.75, 3.05) is 32.7 Å². The molecule has 0 aliphatic rings. The standard InChI is InChI=1S/C25H25FN2O5/c1-31-20-10-8-19(9-11-20)28-24(29)16-33-22-12-7-18(15-23(22)32-2)25(30)27-14-13-17-5-3-4-6-21(17)26/h3-12,15H,13-14,16H2,1-2H3,(H,27,30)(H,28,29). The molecule has 2 amide bonds. The number of methoxy groups -OCH3 is 2. The molecule has 7 nitrogen and oxygen atoms in total. The van der Waals surface area contributed by atoms with Crippen LogP contribution in [-0.4, -0.2) is 39.2 Å². The zero-order valence-corrected chi connectivity index (χ0v) is 18.4. The van der Waals surface area contributed by atoms with E-state index in [4.69, 9.17) is 14.2 Å². The third kappa shape index (κ3) is 6.70. The summed E-state index contributed by atoms with van der Waals surface area (Å²) in [5.74, 6) is 0.348. The van der Waals surface area contributed by atoms with Crippen molar-refractivity contribution in [1.82, 2.24) is 5.32 Å². The summed E-state index contributed by atoms with van der Waals surface area (Å²) in [4.78, 5) is 24.6. The minimum atomic E-state index is -0.350. The quantitative estimate of drug-likeness (QED) is 0.488. The van der Waals surface area contributed by atoms with Crippen LogP contribution in [-0.2, 0) is 11.2 Å². The van der Waals surface area contributed by atoms with Crippen LogP contribution in [0, 0.1) is 5.82 Å². The fraction of sp³-hybridized carbons (Fsp3) is 0.200. The molecule has 0 heterocycles. The summed E-state index contributed by atoms with van der Waals surface area (Å²) in [5.41, 5.74) is 1.50. The largest absolute Gasteiger partial charge is 0.497 e. The van der Waals surface area contributed by atoms with Gasteiger partial charge in [0.25, 0.3) is 11.8 Å².